The van der Waals surface area contributed by atoms with Crippen LogP contribution in [0.3, 0.4) is 0 Å². The quantitative estimate of drug-likeness (QED) is 0.934. The third-order valence-corrected chi connectivity index (χ3v) is 4.44. The van der Waals surface area contributed by atoms with Crippen LogP contribution in [0.2, 0.25) is 0 Å². The third kappa shape index (κ3) is 2.31. The van der Waals surface area contributed by atoms with Crippen LogP contribution in [0, 0.1) is 17.1 Å². The van der Waals surface area contributed by atoms with E-state index in [4.69, 9.17) is 5.26 Å². The number of nitriles is 1. The van der Waals surface area contributed by atoms with Gasteiger partial charge in [-0.05, 0) is 37.4 Å². The fourth-order valence-electron chi connectivity index (χ4n) is 1.88. The molecule has 0 radical (unpaired) electrons. The van der Waals surface area contributed by atoms with Crippen molar-refractivity contribution in [1.82, 2.24) is 9.29 Å². The molecule has 1 aromatic carbocycles. The van der Waals surface area contributed by atoms with E-state index in [1.807, 2.05) is 6.07 Å². The molecule has 1 aromatic heterocycles. The van der Waals surface area contributed by atoms with Crippen molar-refractivity contribution >= 4 is 10.0 Å². The van der Waals surface area contributed by atoms with Gasteiger partial charge in [-0.1, -0.05) is 0 Å². The second-order valence-corrected chi connectivity index (χ2v) is 6.01. The maximum atomic E-state index is 14.1. The molecule has 0 bridgehead atoms. The highest BCUT2D eigenvalue weighted by molar-refractivity contribution is 7.89. The van der Waals surface area contributed by atoms with Gasteiger partial charge in [-0.25, -0.2) is 17.5 Å². The molecule has 0 saturated carbocycles. The topological polar surface area (TPSA) is 74.9 Å². The Morgan fingerprint density at radius 2 is 2.00 bits per heavy atom. The molecule has 7 heteroatoms. The highest BCUT2D eigenvalue weighted by Gasteiger charge is 2.16. The highest BCUT2D eigenvalue weighted by atomic mass is 32.2. The lowest BCUT2D eigenvalue weighted by Gasteiger charge is -2.08. The molecule has 1 N–H and O–H groups in total. The molecule has 0 amide bonds. The second-order valence-electron chi connectivity index (χ2n) is 4.12. The number of nitrogens with zero attached hydrogens (tertiary/aromatic N) is 2. The van der Waals surface area contributed by atoms with E-state index in [1.165, 1.54) is 19.2 Å². The maximum Gasteiger partial charge on any atom is 0.240 e. The lowest BCUT2D eigenvalue weighted by molar-refractivity contribution is 0.584. The number of nitrogens with one attached hydrogen (secondary N) is 1. The Kier molecular flexibility index (Phi) is 3.61. The zero-order chi connectivity index (χ0) is 14.9. The molecule has 104 valence electrons. The molecule has 0 atom stereocenters. The van der Waals surface area contributed by atoms with E-state index in [2.05, 4.69) is 4.72 Å². The number of sulfonamides is 1. The number of hydrogen-bond donors (Lipinski definition) is 1. The van der Waals surface area contributed by atoms with Gasteiger partial charge in [-0.3, -0.25) is 0 Å². The van der Waals surface area contributed by atoms with Crippen molar-refractivity contribution in [3.63, 3.8) is 0 Å². The van der Waals surface area contributed by atoms with E-state index >= 15 is 0 Å². The first-order chi connectivity index (χ1) is 9.40. The molecule has 5 nitrogen and oxygen atoms in total. The molecule has 1 heterocycles. The third-order valence-electron chi connectivity index (χ3n) is 3.03. The minimum Gasteiger partial charge on any atom is -0.335 e. The fourth-order valence-corrected chi connectivity index (χ4v) is 2.62. The minimum absolute atomic E-state index is 0.143. The van der Waals surface area contributed by atoms with Gasteiger partial charge in [0.25, 0.3) is 0 Å². The van der Waals surface area contributed by atoms with E-state index in [0.717, 1.165) is 6.07 Å². The molecule has 0 spiro atoms. The predicted octanol–water partition coefficient (Wildman–Crippen LogP) is 1.61. The van der Waals surface area contributed by atoms with Crippen LogP contribution in [-0.2, 0) is 17.1 Å². The second kappa shape index (κ2) is 5.07. The average molecular weight is 293 g/mol. The molecule has 0 aliphatic rings. The molecule has 0 aliphatic carbocycles. The van der Waals surface area contributed by atoms with Crippen molar-refractivity contribution in [3.8, 4) is 17.3 Å². The molecule has 0 fully saturated rings. The molecule has 2 rings (SSSR count). The van der Waals surface area contributed by atoms with Crippen LogP contribution < -0.4 is 4.72 Å². The number of rotatable bonds is 3. The van der Waals surface area contributed by atoms with E-state index in [-0.39, 0.29) is 10.5 Å². The molecule has 20 heavy (non-hydrogen) atoms. The van der Waals surface area contributed by atoms with E-state index < -0.39 is 15.8 Å². The van der Waals surface area contributed by atoms with Crippen molar-refractivity contribution in [3.05, 3.63) is 41.8 Å². The predicted molar refractivity (Wildman–Crippen MR) is 71.8 cm³/mol. The molecular weight excluding hydrogens is 281 g/mol. The highest BCUT2D eigenvalue weighted by Crippen LogP contribution is 2.26. The fraction of sp³-hybridized carbons (Fsp3) is 0.154. The Balaban J connectivity index is 2.56. The number of hydrogen-bond acceptors (Lipinski definition) is 3. The Bertz CT molecular complexity index is 804. The monoisotopic (exact) mass is 293 g/mol. The number of halogens is 1. The van der Waals surface area contributed by atoms with E-state index in [0.29, 0.717) is 11.4 Å². The van der Waals surface area contributed by atoms with Gasteiger partial charge in [0.2, 0.25) is 10.0 Å². The van der Waals surface area contributed by atoms with Crippen LogP contribution in [0.1, 0.15) is 5.69 Å². The van der Waals surface area contributed by atoms with Crippen molar-refractivity contribution < 1.29 is 12.8 Å². The summed E-state index contributed by atoms with van der Waals surface area (Å²) in [4.78, 5) is -0.143. The van der Waals surface area contributed by atoms with E-state index in [9.17, 15) is 12.8 Å². The molecule has 2 aromatic rings. The zero-order valence-corrected chi connectivity index (χ0v) is 11.7. The zero-order valence-electron chi connectivity index (χ0n) is 10.9. The van der Waals surface area contributed by atoms with Crippen LogP contribution in [0.15, 0.2) is 35.2 Å². The largest absolute Gasteiger partial charge is 0.335 e. The van der Waals surface area contributed by atoms with Gasteiger partial charge in [0.15, 0.2) is 0 Å². The van der Waals surface area contributed by atoms with Gasteiger partial charge in [-0.2, -0.15) is 5.26 Å². The number of benzene rings is 1. The van der Waals surface area contributed by atoms with E-state index in [1.54, 1.807) is 23.7 Å². The Labute approximate surface area is 116 Å². The molecule has 0 unspecified atom stereocenters. The summed E-state index contributed by atoms with van der Waals surface area (Å²) in [6, 6.07) is 8.84. The standard InChI is InChI=1S/C13H12FN3O2S/c1-16-20(18,19)10-4-5-11(12(14)7-10)13-6-3-9(8-15)17(13)2/h3-7,16H,1-2H3. The van der Waals surface area contributed by atoms with Crippen LogP contribution in [0.4, 0.5) is 4.39 Å². The Morgan fingerprint density at radius 3 is 2.50 bits per heavy atom. The summed E-state index contributed by atoms with van der Waals surface area (Å²) in [7, 11) is -0.772. The van der Waals surface area contributed by atoms with Gasteiger partial charge in [0.1, 0.15) is 17.6 Å². The average Bonchev–Trinajstić information content (AvgIpc) is 2.79. The molecular formula is C13H12FN3O2S. The summed E-state index contributed by atoms with van der Waals surface area (Å²) < 4.78 is 41.0. The lowest BCUT2D eigenvalue weighted by Crippen LogP contribution is -2.18. The SMILES string of the molecule is CNS(=O)(=O)c1ccc(-c2ccc(C#N)n2C)c(F)c1. The minimum atomic E-state index is -3.68. The van der Waals surface area contributed by atoms with Gasteiger partial charge in [-0.15, -0.1) is 0 Å². The van der Waals surface area contributed by atoms with Gasteiger partial charge < -0.3 is 4.57 Å². The van der Waals surface area contributed by atoms with Crippen LogP contribution in [0.5, 0.6) is 0 Å². The lowest BCUT2D eigenvalue weighted by atomic mass is 10.1. The Morgan fingerprint density at radius 1 is 1.30 bits per heavy atom. The van der Waals surface area contributed by atoms with Crippen molar-refractivity contribution in [2.24, 2.45) is 7.05 Å². The summed E-state index contributed by atoms with van der Waals surface area (Å²) in [5.74, 6) is -0.660. The van der Waals surface area contributed by atoms with Gasteiger partial charge in [0.05, 0.1) is 10.6 Å². The van der Waals surface area contributed by atoms with Gasteiger partial charge in [0, 0.05) is 12.6 Å². The van der Waals surface area contributed by atoms with Gasteiger partial charge >= 0.3 is 0 Å². The summed E-state index contributed by atoms with van der Waals surface area (Å²) in [5, 5.41) is 8.88. The van der Waals surface area contributed by atoms with Crippen LogP contribution in [-0.4, -0.2) is 20.0 Å². The smallest absolute Gasteiger partial charge is 0.240 e. The first-order valence-electron chi connectivity index (χ1n) is 5.70. The summed E-state index contributed by atoms with van der Waals surface area (Å²) in [6.45, 7) is 0. The molecule has 0 saturated heterocycles. The summed E-state index contributed by atoms with van der Waals surface area (Å²) in [6.07, 6.45) is 0. The van der Waals surface area contributed by atoms with Crippen LogP contribution >= 0.6 is 0 Å². The summed E-state index contributed by atoms with van der Waals surface area (Å²) >= 11 is 0. The first kappa shape index (κ1) is 14.2. The van der Waals surface area contributed by atoms with Crippen molar-refractivity contribution in [2.75, 3.05) is 7.05 Å². The Hall–Kier alpha value is -2.17. The summed E-state index contributed by atoms with van der Waals surface area (Å²) in [5.41, 5.74) is 1.14. The number of aromatic nitrogens is 1. The van der Waals surface area contributed by atoms with Crippen molar-refractivity contribution in [1.29, 1.82) is 5.26 Å². The maximum absolute atomic E-state index is 14.1. The van der Waals surface area contributed by atoms with Crippen LogP contribution in [0.25, 0.3) is 11.3 Å². The molecule has 0 aliphatic heterocycles. The normalized spacial score (nSPS) is 11.3. The van der Waals surface area contributed by atoms with Crippen molar-refractivity contribution in [2.45, 2.75) is 4.90 Å². The first-order valence-corrected chi connectivity index (χ1v) is 7.18.